The van der Waals surface area contributed by atoms with Gasteiger partial charge in [-0.15, -0.1) is 11.3 Å². The summed E-state index contributed by atoms with van der Waals surface area (Å²) in [5.41, 5.74) is 3.99. The topological polar surface area (TPSA) is 86.5 Å². The largest absolute Gasteiger partial charge is 0.497 e. The molecule has 33 heavy (non-hydrogen) atoms. The molecule has 0 aliphatic carbocycles. The number of carbonyl (C=O) groups excluding carboxylic acids is 1. The van der Waals surface area contributed by atoms with Crippen molar-refractivity contribution in [2.45, 2.75) is 0 Å². The number of nitrogens with zero attached hydrogens (tertiary/aromatic N) is 2. The van der Waals surface area contributed by atoms with Crippen LogP contribution < -0.4 is 14.8 Å². The van der Waals surface area contributed by atoms with Crippen LogP contribution in [0.3, 0.4) is 0 Å². The van der Waals surface area contributed by atoms with E-state index in [0.717, 1.165) is 21.7 Å². The molecule has 2 heterocycles. The molecule has 2 aromatic heterocycles. The van der Waals surface area contributed by atoms with Gasteiger partial charge in [0.1, 0.15) is 27.9 Å². The van der Waals surface area contributed by atoms with E-state index in [-0.39, 0.29) is 5.91 Å². The fourth-order valence-electron chi connectivity index (χ4n) is 3.42. The number of aromatic nitrogens is 2. The molecular weight excluding hydrogens is 438 g/mol. The molecule has 0 fully saturated rings. The first-order valence-electron chi connectivity index (χ1n) is 10.1. The second-order valence-electron chi connectivity index (χ2n) is 7.19. The average molecular weight is 458 g/mol. The summed E-state index contributed by atoms with van der Waals surface area (Å²) in [4.78, 5) is 17.6. The molecule has 0 atom stereocenters. The van der Waals surface area contributed by atoms with Crippen LogP contribution in [0.2, 0.25) is 0 Å². The van der Waals surface area contributed by atoms with Crippen molar-refractivity contribution in [1.82, 2.24) is 10.1 Å². The van der Waals surface area contributed by atoms with Gasteiger partial charge >= 0.3 is 0 Å². The van der Waals surface area contributed by atoms with E-state index in [2.05, 4.69) is 10.5 Å². The lowest BCUT2D eigenvalue weighted by Gasteiger charge is -2.07. The van der Waals surface area contributed by atoms with Crippen LogP contribution >= 0.6 is 11.3 Å². The minimum Gasteiger partial charge on any atom is -0.497 e. The van der Waals surface area contributed by atoms with Gasteiger partial charge in [-0.1, -0.05) is 11.2 Å². The van der Waals surface area contributed by atoms with Gasteiger partial charge in [0.15, 0.2) is 5.58 Å². The van der Waals surface area contributed by atoms with Gasteiger partial charge in [-0.2, -0.15) is 0 Å². The molecule has 0 bridgehead atoms. The summed E-state index contributed by atoms with van der Waals surface area (Å²) >= 11 is 1.51. The number of thiazole rings is 1. The Bertz CT molecular complexity index is 1440. The van der Waals surface area contributed by atoms with Crippen LogP contribution in [0.25, 0.3) is 32.9 Å². The number of methoxy groups -OCH3 is 2. The van der Waals surface area contributed by atoms with Crippen LogP contribution in [-0.4, -0.2) is 30.3 Å². The van der Waals surface area contributed by atoms with Crippen molar-refractivity contribution < 1.29 is 18.8 Å². The van der Waals surface area contributed by atoms with Gasteiger partial charge in [0, 0.05) is 28.3 Å². The van der Waals surface area contributed by atoms with Gasteiger partial charge in [0.25, 0.3) is 5.91 Å². The Labute approximate surface area is 193 Å². The highest BCUT2D eigenvalue weighted by molar-refractivity contribution is 7.13. The van der Waals surface area contributed by atoms with Crippen LogP contribution in [0.4, 0.5) is 5.69 Å². The van der Waals surface area contributed by atoms with Crippen molar-refractivity contribution in [2.24, 2.45) is 0 Å². The maximum absolute atomic E-state index is 12.8. The maximum atomic E-state index is 12.8. The van der Waals surface area contributed by atoms with Crippen LogP contribution in [0, 0.1) is 0 Å². The number of carbonyl (C=O) groups is 1. The zero-order chi connectivity index (χ0) is 22.8. The van der Waals surface area contributed by atoms with E-state index >= 15 is 0 Å². The average Bonchev–Trinajstić information content (AvgIpc) is 3.51. The maximum Gasteiger partial charge on any atom is 0.255 e. The third-order valence-electron chi connectivity index (χ3n) is 5.14. The van der Waals surface area contributed by atoms with E-state index in [4.69, 9.17) is 19.0 Å². The normalized spacial score (nSPS) is 10.8. The molecule has 0 aliphatic rings. The predicted octanol–water partition coefficient (Wildman–Crippen LogP) is 5.89. The number of hydrogen-bond donors (Lipinski definition) is 1. The monoisotopic (exact) mass is 457 g/mol. The molecular formula is C25H19N3O4S. The molecule has 5 aromatic rings. The number of rotatable bonds is 6. The Morgan fingerprint density at radius 1 is 0.970 bits per heavy atom. The molecule has 1 N–H and O–H groups in total. The van der Waals surface area contributed by atoms with Crippen molar-refractivity contribution in [3.8, 4) is 33.5 Å². The SMILES string of the molecule is COc1ccc(-c2nc(-c3noc4ccc(C(=O)Nc5cccc(OC)c5)cc34)cs2)cc1. The van der Waals surface area contributed by atoms with Gasteiger partial charge in [0.05, 0.1) is 19.6 Å². The third kappa shape index (κ3) is 4.16. The van der Waals surface area contributed by atoms with Crippen molar-refractivity contribution in [3.63, 3.8) is 0 Å². The Morgan fingerprint density at radius 3 is 2.58 bits per heavy atom. The number of nitrogens with one attached hydrogen (secondary N) is 1. The molecule has 0 radical (unpaired) electrons. The van der Waals surface area contributed by atoms with Gasteiger partial charge in [-0.05, 0) is 54.6 Å². The van der Waals surface area contributed by atoms with Crippen molar-refractivity contribution in [3.05, 3.63) is 77.7 Å². The van der Waals surface area contributed by atoms with Crippen molar-refractivity contribution in [2.75, 3.05) is 19.5 Å². The number of fused-ring (bicyclic) bond motifs is 1. The first-order chi connectivity index (χ1) is 16.1. The molecule has 1 amide bonds. The summed E-state index contributed by atoms with van der Waals surface area (Å²) in [6, 6.07) is 20.1. The van der Waals surface area contributed by atoms with E-state index in [9.17, 15) is 4.79 Å². The summed E-state index contributed by atoms with van der Waals surface area (Å²) in [5.74, 6) is 1.22. The third-order valence-corrected chi connectivity index (χ3v) is 6.03. The molecule has 0 aliphatic heterocycles. The van der Waals surface area contributed by atoms with Crippen LogP contribution in [0.15, 0.2) is 76.6 Å². The molecule has 8 heteroatoms. The molecule has 164 valence electrons. The number of benzene rings is 3. The summed E-state index contributed by atoms with van der Waals surface area (Å²) in [5, 5.41) is 10.6. The fraction of sp³-hybridized carbons (Fsp3) is 0.0800. The zero-order valence-electron chi connectivity index (χ0n) is 17.9. The minimum atomic E-state index is -0.241. The first-order valence-corrected chi connectivity index (χ1v) is 11.0. The Balaban J connectivity index is 1.43. The highest BCUT2D eigenvalue weighted by Gasteiger charge is 2.17. The van der Waals surface area contributed by atoms with Crippen LogP contribution in [0.5, 0.6) is 11.5 Å². The summed E-state index contributed by atoms with van der Waals surface area (Å²) in [6.45, 7) is 0. The predicted molar refractivity (Wildman–Crippen MR) is 128 cm³/mol. The van der Waals surface area contributed by atoms with Crippen molar-refractivity contribution in [1.29, 1.82) is 0 Å². The molecule has 5 rings (SSSR count). The number of ether oxygens (including phenoxy) is 2. The van der Waals surface area contributed by atoms with E-state index in [1.165, 1.54) is 11.3 Å². The molecule has 3 aromatic carbocycles. The number of anilines is 1. The standard InChI is InChI=1S/C25H19N3O4S/c1-30-18-9-6-15(7-10-18)25-27-21(14-33-25)23-20-12-16(8-11-22(20)32-28-23)24(29)26-17-4-3-5-19(13-17)31-2/h3-14H,1-2H3,(H,26,29). The Hall–Kier alpha value is -4.17. The smallest absolute Gasteiger partial charge is 0.255 e. The highest BCUT2D eigenvalue weighted by Crippen LogP contribution is 2.33. The molecule has 0 unspecified atom stereocenters. The van der Waals surface area contributed by atoms with Gasteiger partial charge < -0.3 is 19.3 Å². The lowest BCUT2D eigenvalue weighted by Crippen LogP contribution is -2.11. The van der Waals surface area contributed by atoms with E-state index in [1.54, 1.807) is 44.6 Å². The fourth-order valence-corrected chi connectivity index (χ4v) is 4.23. The second kappa shape index (κ2) is 8.76. The highest BCUT2D eigenvalue weighted by atomic mass is 32.1. The quantitative estimate of drug-likeness (QED) is 0.342. The molecule has 0 spiro atoms. The first kappa shape index (κ1) is 20.7. The summed E-state index contributed by atoms with van der Waals surface area (Å²) in [6.07, 6.45) is 0. The van der Waals surface area contributed by atoms with E-state index in [1.807, 2.05) is 41.8 Å². The summed E-state index contributed by atoms with van der Waals surface area (Å²) < 4.78 is 15.9. The molecule has 0 saturated heterocycles. The Morgan fingerprint density at radius 2 is 1.79 bits per heavy atom. The zero-order valence-corrected chi connectivity index (χ0v) is 18.7. The lowest BCUT2D eigenvalue weighted by atomic mass is 10.1. The van der Waals surface area contributed by atoms with Crippen LogP contribution in [0.1, 0.15) is 10.4 Å². The lowest BCUT2D eigenvalue weighted by molar-refractivity contribution is 0.102. The second-order valence-corrected chi connectivity index (χ2v) is 8.05. The van der Waals surface area contributed by atoms with Crippen molar-refractivity contribution >= 4 is 33.9 Å². The van der Waals surface area contributed by atoms with Crippen LogP contribution in [-0.2, 0) is 0 Å². The van der Waals surface area contributed by atoms with E-state index < -0.39 is 0 Å². The number of hydrogen-bond acceptors (Lipinski definition) is 7. The van der Waals surface area contributed by atoms with E-state index in [0.29, 0.717) is 34.0 Å². The molecule has 0 saturated carbocycles. The van der Waals surface area contributed by atoms with Gasteiger partial charge in [-0.3, -0.25) is 4.79 Å². The number of amides is 1. The minimum absolute atomic E-state index is 0.241. The summed E-state index contributed by atoms with van der Waals surface area (Å²) in [7, 11) is 3.22. The van der Waals surface area contributed by atoms with Gasteiger partial charge in [0.2, 0.25) is 0 Å². The Kier molecular flexibility index (Phi) is 5.50. The molecule has 7 nitrogen and oxygen atoms in total. The van der Waals surface area contributed by atoms with Gasteiger partial charge in [-0.25, -0.2) is 4.98 Å².